The van der Waals surface area contributed by atoms with Gasteiger partial charge in [0.25, 0.3) is 0 Å². The summed E-state index contributed by atoms with van der Waals surface area (Å²) in [5, 5.41) is 9.74. The molecule has 1 amide bonds. The van der Waals surface area contributed by atoms with E-state index < -0.39 is 6.23 Å². The van der Waals surface area contributed by atoms with E-state index in [1.54, 1.807) is 11.0 Å². The minimum Gasteiger partial charge on any atom is -0.447 e. The molecule has 8 heteroatoms. The molecule has 0 fully saturated rings. The molecular weight excluding hydrogens is 420 g/mol. The number of ether oxygens (including phenoxy) is 1. The van der Waals surface area contributed by atoms with E-state index in [4.69, 9.17) is 16.3 Å². The number of aromatic nitrogens is 3. The Morgan fingerprint density at radius 3 is 2.63 bits per heavy atom. The first-order chi connectivity index (χ1) is 14.5. The summed E-state index contributed by atoms with van der Waals surface area (Å²) in [6.07, 6.45) is -0.779. The van der Waals surface area contributed by atoms with Gasteiger partial charge in [-0.05, 0) is 18.1 Å². The standard InChI is InChI=1S/C22H21ClN4O2S/c1-13(2)12-30-22-24-20-19(25-26-22)16-9-5-7-11-18(16)27(14(3)28)21(29-20)15-8-4-6-10-17(15)23/h4-11,13,21H,12H2,1-3H3. The number of fused-ring (bicyclic) bond motifs is 3. The predicted octanol–water partition coefficient (Wildman–Crippen LogP) is 5.38. The van der Waals surface area contributed by atoms with Crippen LogP contribution in [0.5, 0.6) is 5.88 Å². The van der Waals surface area contributed by atoms with Gasteiger partial charge in [-0.25, -0.2) is 0 Å². The Morgan fingerprint density at radius 2 is 1.90 bits per heavy atom. The highest BCUT2D eigenvalue weighted by Crippen LogP contribution is 2.44. The van der Waals surface area contributed by atoms with Crippen molar-refractivity contribution < 1.29 is 9.53 Å². The molecule has 0 spiro atoms. The van der Waals surface area contributed by atoms with Crippen LogP contribution in [0.2, 0.25) is 5.02 Å². The molecule has 2 aromatic carbocycles. The Balaban J connectivity index is 1.89. The lowest BCUT2D eigenvalue weighted by Gasteiger charge is -2.30. The summed E-state index contributed by atoms with van der Waals surface area (Å²) in [7, 11) is 0. The SMILES string of the molecule is CC(=O)N1c2ccccc2-c2nnc(SCC(C)C)nc2OC1c1ccccc1Cl. The number of anilines is 1. The minimum atomic E-state index is -0.779. The highest BCUT2D eigenvalue weighted by Gasteiger charge is 2.35. The fourth-order valence-electron chi connectivity index (χ4n) is 3.23. The number of carbonyl (C=O) groups excluding carboxylic acids is 1. The molecule has 1 atom stereocenters. The second kappa shape index (κ2) is 8.62. The second-order valence-corrected chi connectivity index (χ2v) is 8.75. The predicted molar refractivity (Wildman–Crippen MR) is 119 cm³/mol. The molecule has 0 saturated carbocycles. The number of hydrogen-bond donors (Lipinski definition) is 0. The normalized spacial score (nSPS) is 15.2. The zero-order valence-electron chi connectivity index (χ0n) is 16.9. The van der Waals surface area contributed by atoms with Gasteiger partial charge in [-0.2, -0.15) is 4.98 Å². The molecule has 1 aliphatic heterocycles. The van der Waals surface area contributed by atoms with Gasteiger partial charge in [0.05, 0.1) is 5.69 Å². The van der Waals surface area contributed by atoms with E-state index in [1.165, 1.54) is 18.7 Å². The van der Waals surface area contributed by atoms with E-state index in [-0.39, 0.29) is 5.91 Å². The zero-order valence-corrected chi connectivity index (χ0v) is 18.4. The Kier molecular flexibility index (Phi) is 5.92. The van der Waals surface area contributed by atoms with E-state index in [0.717, 1.165) is 11.3 Å². The maximum Gasteiger partial charge on any atom is 0.247 e. The lowest BCUT2D eigenvalue weighted by Crippen LogP contribution is -2.36. The summed E-state index contributed by atoms with van der Waals surface area (Å²) in [4.78, 5) is 19.0. The van der Waals surface area contributed by atoms with Crippen LogP contribution in [0.25, 0.3) is 11.3 Å². The number of benzene rings is 2. The smallest absolute Gasteiger partial charge is 0.247 e. The van der Waals surface area contributed by atoms with E-state index in [2.05, 4.69) is 29.0 Å². The first-order valence-corrected chi connectivity index (χ1v) is 11.0. The third kappa shape index (κ3) is 4.00. The van der Waals surface area contributed by atoms with Gasteiger partial charge in [-0.1, -0.05) is 73.6 Å². The minimum absolute atomic E-state index is 0.178. The van der Waals surface area contributed by atoms with E-state index in [9.17, 15) is 4.79 Å². The van der Waals surface area contributed by atoms with Gasteiger partial charge in [-0.15, -0.1) is 10.2 Å². The molecule has 1 unspecified atom stereocenters. The maximum absolute atomic E-state index is 12.7. The van der Waals surface area contributed by atoms with Crippen molar-refractivity contribution >= 4 is 35.0 Å². The number of halogens is 1. The number of nitrogens with zero attached hydrogens (tertiary/aromatic N) is 4. The highest BCUT2D eigenvalue weighted by molar-refractivity contribution is 7.99. The summed E-state index contributed by atoms with van der Waals surface area (Å²) in [5.41, 5.74) is 2.58. The lowest BCUT2D eigenvalue weighted by molar-refractivity contribution is -0.118. The first-order valence-electron chi connectivity index (χ1n) is 9.63. The molecule has 0 N–H and O–H groups in total. The van der Waals surface area contributed by atoms with Gasteiger partial charge in [0, 0.05) is 28.8 Å². The largest absolute Gasteiger partial charge is 0.447 e. The van der Waals surface area contributed by atoms with Crippen LogP contribution in [0.3, 0.4) is 0 Å². The molecule has 0 saturated heterocycles. The number of amides is 1. The monoisotopic (exact) mass is 440 g/mol. The molecule has 1 aliphatic rings. The van der Waals surface area contributed by atoms with Crippen LogP contribution < -0.4 is 9.64 Å². The molecule has 0 bridgehead atoms. The van der Waals surface area contributed by atoms with Gasteiger partial charge in [0.2, 0.25) is 23.2 Å². The fourth-order valence-corrected chi connectivity index (χ4v) is 4.19. The van der Waals surface area contributed by atoms with Crippen LogP contribution in [0.1, 0.15) is 32.6 Å². The van der Waals surface area contributed by atoms with Crippen molar-refractivity contribution in [1.82, 2.24) is 15.2 Å². The van der Waals surface area contributed by atoms with Crippen LogP contribution in [-0.2, 0) is 4.79 Å². The molecule has 1 aromatic heterocycles. The van der Waals surface area contributed by atoms with Gasteiger partial charge in [-0.3, -0.25) is 9.69 Å². The number of para-hydroxylation sites is 1. The van der Waals surface area contributed by atoms with E-state index in [0.29, 0.717) is 38.9 Å². The number of thioether (sulfide) groups is 1. The maximum atomic E-state index is 12.7. The molecule has 4 rings (SSSR count). The Bertz CT molecular complexity index is 1090. The second-order valence-electron chi connectivity index (χ2n) is 7.35. The van der Waals surface area contributed by atoms with Crippen LogP contribution in [0, 0.1) is 5.92 Å². The summed E-state index contributed by atoms with van der Waals surface area (Å²) in [6, 6.07) is 14.8. The third-order valence-corrected chi connectivity index (χ3v) is 6.18. The summed E-state index contributed by atoms with van der Waals surface area (Å²) in [5.74, 6) is 1.51. The van der Waals surface area contributed by atoms with Gasteiger partial charge < -0.3 is 4.74 Å². The van der Waals surface area contributed by atoms with Crippen molar-refractivity contribution in [3.63, 3.8) is 0 Å². The lowest BCUT2D eigenvalue weighted by atomic mass is 10.1. The van der Waals surface area contributed by atoms with Crippen molar-refractivity contribution in [2.24, 2.45) is 5.92 Å². The molecule has 0 radical (unpaired) electrons. The number of rotatable bonds is 4. The Labute approximate surface area is 184 Å². The molecular formula is C22H21ClN4O2S. The third-order valence-electron chi connectivity index (χ3n) is 4.57. The van der Waals surface area contributed by atoms with Crippen LogP contribution in [-0.4, -0.2) is 26.8 Å². The fraction of sp³-hybridized carbons (Fsp3) is 0.273. The average molecular weight is 441 g/mol. The summed E-state index contributed by atoms with van der Waals surface area (Å²) in [6.45, 7) is 5.77. The van der Waals surface area contributed by atoms with Crippen molar-refractivity contribution in [2.45, 2.75) is 32.2 Å². The molecule has 30 heavy (non-hydrogen) atoms. The Morgan fingerprint density at radius 1 is 1.17 bits per heavy atom. The molecule has 2 heterocycles. The number of carbonyl (C=O) groups is 1. The Hall–Kier alpha value is -2.64. The van der Waals surface area contributed by atoms with E-state index >= 15 is 0 Å². The van der Waals surface area contributed by atoms with Crippen molar-refractivity contribution in [3.05, 3.63) is 59.1 Å². The van der Waals surface area contributed by atoms with Crippen molar-refractivity contribution in [1.29, 1.82) is 0 Å². The number of hydrogen-bond acceptors (Lipinski definition) is 6. The zero-order chi connectivity index (χ0) is 21.3. The van der Waals surface area contributed by atoms with Crippen LogP contribution >= 0.6 is 23.4 Å². The summed E-state index contributed by atoms with van der Waals surface area (Å²) < 4.78 is 6.32. The van der Waals surface area contributed by atoms with Crippen molar-refractivity contribution in [3.8, 4) is 17.1 Å². The van der Waals surface area contributed by atoms with E-state index in [1.807, 2.05) is 42.5 Å². The van der Waals surface area contributed by atoms with Crippen LogP contribution in [0.15, 0.2) is 53.7 Å². The topological polar surface area (TPSA) is 68.2 Å². The quantitative estimate of drug-likeness (QED) is 0.507. The average Bonchev–Trinajstić information content (AvgIpc) is 2.86. The molecule has 154 valence electrons. The highest BCUT2D eigenvalue weighted by atomic mass is 35.5. The molecule has 6 nitrogen and oxygen atoms in total. The van der Waals surface area contributed by atoms with Gasteiger partial charge in [0.1, 0.15) is 0 Å². The summed E-state index contributed by atoms with van der Waals surface area (Å²) >= 11 is 8.01. The molecule has 0 aliphatic carbocycles. The molecule has 3 aromatic rings. The van der Waals surface area contributed by atoms with Gasteiger partial charge >= 0.3 is 0 Å². The van der Waals surface area contributed by atoms with Gasteiger partial charge in [0.15, 0.2) is 5.69 Å². The van der Waals surface area contributed by atoms with Crippen molar-refractivity contribution in [2.75, 3.05) is 10.7 Å². The first kappa shape index (κ1) is 20.6. The van der Waals surface area contributed by atoms with Crippen LogP contribution in [0.4, 0.5) is 5.69 Å².